The van der Waals surface area contributed by atoms with Crippen molar-refractivity contribution in [1.82, 2.24) is 9.80 Å². The summed E-state index contributed by atoms with van der Waals surface area (Å²) in [6.07, 6.45) is 0. The zero-order valence-electron chi connectivity index (χ0n) is 17.6. The van der Waals surface area contributed by atoms with Crippen molar-refractivity contribution < 1.29 is 9.47 Å². The fourth-order valence-corrected chi connectivity index (χ4v) is 4.69. The van der Waals surface area contributed by atoms with Crippen LogP contribution in [0, 0.1) is 0 Å². The van der Waals surface area contributed by atoms with Crippen molar-refractivity contribution in [2.75, 3.05) is 52.6 Å². The SMILES string of the molecule is c1ccc(-c2c(CN3CCOCC3)c(CN3CCOCC3)cc3ccccc23)cc1. The summed E-state index contributed by atoms with van der Waals surface area (Å²) in [6.45, 7) is 9.27. The number of ether oxygens (including phenoxy) is 2. The maximum Gasteiger partial charge on any atom is 0.0594 e. The average molecular weight is 403 g/mol. The molecule has 0 unspecified atom stereocenters. The average Bonchev–Trinajstić information content (AvgIpc) is 2.81. The largest absolute Gasteiger partial charge is 0.379 e. The van der Waals surface area contributed by atoms with Crippen molar-refractivity contribution in [3.8, 4) is 11.1 Å². The Bertz CT molecular complexity index is 977. The van der Waals surface area contributed by atoms with Gasteiger partial charge in [0.15, 0.2) is 0 Å². The molecule has 0 saturated carbocycles. The van der Waals surface area contributed by atoms with E-state index in [1.54, 1.807) is 0 Å². The predicted molar refractivity (Wildman–Crippen MR) is 122 cm³/mol. The van der Waals surface area contributed by atoms with E-state index in [4.69, 9.17) is 9.47 Å². The molecule has 0 spiro atoms. The molecule has 0 amide bonds. The van der Waals surface area contributed by atoms with Crippen LogP contribution in [-0.4, -0.2) is 62.4 Å². The van der Waals surface area contributed by atoms with E-state index in [0.29, 0.717) is 0 Å². The molecule has 3 aromatic rings. The van der Waals surface area contributed by atoms with Gasteiger partial charge < -0.3 is 9.47 Å². The van der Waals surface area contributed by atoms with Crippen molar-refractivity contribution in [3.05, 3.63) is 71.8 Å². The number of rotatable bonds is 5. The van der Waals surface area contributed by atoms with Crippen LogP contribution in [0.4, 0.5) is 0 Å². The Kier molecular flexibility index (Phi) is 6.09. The molecule has 0 atom stereocenters. The van der Waals surface area contributed by atoms with Gasteiger partial charge in [0.1, 0.15) is 0 Å². The van der Waals surface area contributed by atoms with Crippen LogP contribution in [0.2, 0.25) is 0 Å². The summed E-state index contributed by atoms with van der Waals surface area (Å²) in [4.78, 5) is 5.08. The van der Waals surface area contributed by atoms with Gasteiger partial charge in [-0.25, -0.2) is 0 Å². The summed E-state index contributed by atoms with van der Waals surface area (Å²) in [7, 11) is 0. The van der Waals surface area contributed by atoms with Crippen LogP contribution < -0.4 is 0 Å². The second-order valence-electron chi connectivity index (χ2n) is 8.25. The molecule has 4 nitrogen and oxygen atoms in total. The van der Waals surface area contributed by atoms with E-state index >= 15 is 0 Å². The molecule has 0 aromatic heterocycles. The Hall–Kier alpha value is -2.24. The Morgan fingerprint density at radius 3 is 1.97 bits per heavy atom. The third kappa shape index (κ3) is 4.28. The minimum atomic E-state index is 0.826. The summed E-state index contributed by atoms with van der Waals surface area (Å²) in [5.41, 5.74) is 5.61. The van der Waals surface area contributed by atoms with Gasteiger partial charge in [0.05, 0.1) is 26.4 Å². The molecule has 5 rings (SSSR count). The zero-order chi connectivity index (χ0) is 20.2. The van der Waals surface area contributed by atoms with Gasteiger partial charge in [-0.05, 0) is 39.1 Å². The minimum Gasteiger partial charge on any atom is -0.379 e. The van der Waals surface area contributed by atoms with Gasteiger partial charge in [0, 0.05) is 39.3 Å². The fraction of sp³-hybridized carbons (Fsp3) is 0.385. The summed E-state index contributed by atoms with van der Waals surface area (Å²) in [5.74, 6) is 0. The molecule has 4 heteroatoms. The highest BCUT2D eigenvalue weighted by Crippen LogP contribution is 2.36. The number of nitrogens with zero attached hydrogens (tertiary/aromatic N) is 2. The second-order valence-corrected chi connectivity index (χ2v) is 8.25. The maximum atomic E-state index is 5.61. The van der Waals surface area contributed by atoms with Crippen molar-refractivity contribution in [3.63, 3.8) is 0 Å². The molecule has 3 aromatic carbocycles. The molecule has 30 heavy (non-hydrogen) atoms. The van der Waals surface area contributed by atoms with Crippen molar-refractivity contribution in [2.45, 2.75) is 13.1 Å². The molecule has 0 N–H and O–H groups in total. The third-order valence-corrected chi connectivity index (χ3v) is 6.29. The predicted octanol–water partition coefficient (Wildman–Crippen LogP) is 4.17. The van der Waals surface area contributed by atoms with E-state index in [9.17, 15) is 0 Å². The number of hydrogen-bond donors (Lipinski definition) is 0. The summed E-state index contributed by atoms with van der Waals surface area (Å²) < 4.78 is 11.2. The smallest absolute Gasteiger partial charge is 0.0594 e. The number of morpholine rings is 2. The summed E-state index contributed by atoms with van der Waals surface area (Å²) >= 11 is 0. The lowest BCUT2D eigenvalue weighted by Gasteiger charge is -2.31. The van der Waals surface area contributed by atoms with Gasteiger partial charge in [-0.3, -0.25) is 9.80 Å². The monoisotopic (exact) mass is 402 g/mol. The molecule has 2 heterocycles. The van der Waals surface area contributed by atoms with Gasteiger partial charge in [-0.1, -0.05) is 54.6 Å². The van der Waals surface area contributed by atoms with E-state index in [1.807, 2.05) is 0 Å². The Balaban J connectivity index is 1.64. The topological polar surface area (TPSA) is 24.9 Å². The summed E-state index contributed by atoms with van der Waals surface area (Å²) in [6, 6.07) is 22.2. The molecule has 0 bridgehead atoms. The van der Waals surface area contributed by atoms with E-state index in [0.717, 1.165) is 65.7 Å². The molecule has 0 aliphatic carbocycles. The molecule has 2 saturated heterocycles. The normalized spacial score (nSPS) is 18.7. The summed E-state index contributed by atoms with van der Waals surface area (Å²) in [5, 5.41) is 2.67. The van der Waals surface area contributed by atoms with E-state index in [-0.39, 0.29) is 0 Å². The van der Waals surface area contributed by atoms with Crippen LogP contribution in [0.1, 0.15) is 11.1 Å². The standard InChI is InChI=1S/C26H30N2O2/c1-2-6-21(7-3-1)26-24-9-5-4-8-22(24)18-23(19-27-10-14-29-15-11-27)25(26)20-28-12-16-30-17-13-28/h1-9,18H,10-17,19-20H2. The lowest BCUT2D eigenvalue weighted by atomic mass is 9.89. The Morgan fingerprint density at radius 1 is 0.667 bits per heavy atom. The number of fused-ring (bicyclic) bond motifs is 1. The van der Waals surface area contributed by atoms with Crippen LogP contribution in [0.3, 0.4) is 0 Å². The van der Waals surface area contributed by atoms with Crippen LogP contribution in [0.25, 0.3) is 21.9 Å². The van der Waals surface area contributed by atoms with Crippen LogP contribution in [-0.2, 0) is 22.6 Å². The second kappa shape index (κ2) is 9.27. The minimum absolute atomic E-state index is 0.826. The Labute approximate surface area is 179 Å². The first-order chi connectivity index (χ1) is 14.9. The first kappa shape index (κ1) is 19.7. The number of hydrogen-bond acceptors (Lipinski definition) is 4. The Morgan fingerprint density at radius 2 is 1.27 bits per heavy atom. The molecule has 2 fully saturated rings. The lowest BCUT2D eigenvalue weighted by Crippen LogP contribution is -2.37. The van der Waals surface area contributed by atoms with Crippen LogP contribution in [0.15, 0.2) is 60.7 Å². The highest BCUT2D eigenvalue weighted by atomic mass is 16.5. The third-order valence-electron chi connectivity index (χ3n) is 6.29. The molecular formula is C26H30N2O2. The van der Waals surface area contributed by atoms with Gasteiger partial charge in [0.25, 0.3) is 0 Å². The van der Waals surface area contributed by atoms with Crippen molar-refractivity contribution in [1.29, 1.82) is 0 Å². The molecule has 156 valence electrons. The van der Waals surface area contributed by atoms with E-state index in [2.05, 4.69) is 70.5 Å². The highest BCUT2D eigenvalue weighted by Gasteiger charge is 2.21. The van der Waals surface area contributed by atoms with Crippen LogP contribution in [0.5, 0.6) is 0 Å². The first-order valence-corrected chi connectivity index (χ1v) is 11.1. The highest BCUT2D eigenvalue weighted by molar-refractivity contribution is 5.99. The van der Waals surface area contributed by atoms with Gasteiger partial charge in [0.2, 0.25) is 0 Å². The first-order valence-electron chi connectivity index (χ1n) is 11.1. The molecule has 0 radical (unpaired) electrons. The quantitative estimate of drug-likeness (QED) is 0.640. The molecular weight excluding hydrogens is 372 g/mol. The van der Waals surface area contributed by atoms with Crippen molar-refractivity contribution >= 4 is 10.8 Å². The van der Waals surface area contributed by atoms with Gasteiger partial charge in [-0.15, -0.1) is 0 Å². The van der Waals surface area contributed by atoms with Crippen LogP contribution >= 0.6 is 0 Å². The van der Waals surface area contributed by atoms with Crippen molar-refractivity contribution in [2.24, 2.45) is 0 Å². The molecule has 2 aliphatic rings. The van der Waals surface area contributed by atoms with E-state index < -0.39 is 0 Å². The van der Waals surface area contributed by atoms with E-state index in [1.165, 1.54) is 33.0 Å². The van der Waals surface area contributed by atoms with Gasteiger partial charge in [-0.2, -0.15) is 0 Å². The fourth-order valence-electron chi connectivity index (χ4n) is 4.69. The number of benzene rings is 3. The van der Waals surface area contributed by atoms with Gasteiger partial charge >= 0.3 is 0 Å². The maximum absolute atomic E-state index is 5.61. The molecule has 2 aliphatic heterocycles. The lowest BCUT2D eigenvalue weighted by molar-refractivity contribution is 0.0310. The zero-order valence-corrected chi connectivity index (χ0v) is 17.6.